The number of piperidine rings is 1. The second-order valence-electron chi connectivity index (χ2n) is 10.9. The van der Waals surface area contributed by atoms with Crippen molar-refractivity contribution in [3.8, 4) is 0 Å². The van der Waals surface area contributed by atoms with Crippen molar-refractivity contribution < 1.29 is 4.79 Å². The molecule has 0 unspecified atom stereocenters. The zero-order valence-corrected chi connectivity index (χ0v) is 23.0. The van der Waals surface area contributed by atoms with Gasteiger partial charge in [0.2, 0.25) is 0 Å². The number of carbonyl (C=O) groups excluding carboxylic acids is 1. The molecule has 0 radical (unpaired) electrons. The normalized spacial score (nSPS) is 14.3. The largest absolute Gasteiger partial charge is 0.303 e. The van der Waals surface area contributed by atoms with Gasteiger partial charge in [-0.3, -0.25) is 4.79 Å². The van der Waals surface area contributed by atoms with E-state index < -0.39 is 0 Å². The molecule has 0 atom stereocenters. The quantitative estimate of drug-likeness (QED) is 0.303. The maximum absolute atomic E-state index is 12.7. The molecule has 1 heterocycles. The number of hydrogen-bond donors (Lipinski definition) is 0. The van der Waals surface area contributed by atoms with E-state index in [0.717, 1.165) is 44.5 Å². The summed E-state index contributed by atoms with van der Waals surface area (Å²) in [6.45, 7) is 11.9. The van der Waals surface area contributed by atoms with Crippen molar-refractivity contribution in [3.63, 3.8) is 0 Å². The average molecular weight is 502 g/mol. The Balaban J connectivity index is 0.00000361. The number of likely N-dealkylation sites (tertiary alicyclic amines) is 1. The molecule has 1 saturated heterocycles. The van der Waals surface area contributed by atoms with E-state index in [0.29, 0.717) is 6.42 Å². The summed E-state index contributed by atoms with van der Waals surface area (Å²) < 4.78 is 0. The molecule has 1 aliphatic heterocycles. The van der Waals surface area contributed by atoms with E-state index in [4.69, 9.17) is 0 Å². The third-order valence-corrected chi connectivity index (χ3v) is 7.17. The molecule has 0 amide bonds. The molecule has 0 bridgehead atoms. The predicted molar refractivity (Wildman–Crippen MR) is 155 cm³/mol. The van der Waals surface area contributed by atoms with Crippen molar-refractivity contribution in [2.75, 3.05) is 19.6 Å². The minimum Gasteiger partial charge on any atom is -0.303 e. The van der Waals surface area contributed by atoms with Gasteiger partial charge in [0.1, 0.15) is 0 Å². The lowest BCUT2D eigenvalue weighted by molar-refractivity contribution is 0.0974. The molecule has 1 fully saturated rings. The van der Waals surface area contributed by atoms with Crippen LogP contribution in [0.3, 0.4) is 0 Å². The van der Waals surface area contributed by atoms with Crippen LogP contribution in [0.5, 0.6) is 0 Å². The summed E-state index contributed by atoms with van der Waals surface area (Å²) in [7, 11) is 0. The van der Waals surface area contributed by atoms with E-state index in [2.05, 4.69) is 99.3 Å². The molecule has 0 spiro atoms. The Morgan fingerprint density at radius 3 is 1.92 bits per heavy atom. The Morgan fingerprint density at radius 2 is 1.33 bits per heavy atom. The van der Waals surface area contributed by atoms with Crippen LogP contribution in [0, 0.1) is 6.92 Å². The second kappa shape index (κ2) is 12.5. The summed E-state index contributed by atoms with van der Waals surface area (Å²) in [5.74, 6) is 0.258. The number of carbonyl (C=O) groups is 1. The van der Waals surface area contributed by atoms with E-state index in [1.54, 1.807) is 5.57 Å². The molecule has 1 aliphatic rings. The topological polar surface area (TPSA) is 20.3 Å². The fraction of sp³-hybridized carbons (Fsp3) is 0.364. The summed E-state index contributed by atoms with van der Waals surface area (Å²) in [6, 6.07) is 27.9. The van der Waals surface area contributed by atoms with Gasteiger partial charge < -0.3 is 4.90 Å². The number of rotatable bonds is 7. The first-order valence-electron chi connectivity index (χ1n) is 13.0. The van der Waals surface area contributed by atoms with Crippen LogP contribution >= 0.6 is 12.4 Å². The molecule has 4 rings (SSSR count). The Bertz CT molecular complexity index is 1150. The molecular formula is C33H40ClNO. The number of Topliss-reactive ketones (excluding diaryl/α,β-unsaturated/α-hetero) is 1. The highest BCUT2D eigenvalue weighted by atomic mass is 35.5. The molecule has 190 valence electrons. The number of benzene rings is 3. The van der Waals surface area contributed by atoms with Crippen LogP contribution in [-0.2, 0) is 5.41 Å². The van der Waals surface area contributed by atoms with Gasteiger partial charge in [-0.05, 0) is 60.4 Å². The lowest BCUT2D eigenvalue weighted by atomic mass is 9.86. The summed E-state index contributed by atoms with van der Waals surface area (Å²) in [5.41, 5.74) is 9.09. The second-order valence-corrected chi connectivity index (χ2v) is 10.9. The predicted octanol–water partition coefficient (Wildman–Crippen LogP) is 8.28. The fourth-order valence-electron chi connectivity index (χ4n) is 4.96. The Morgan fingerprint density at radius 1 is 0.778 bits per heavy atom. The smallest absolute Gasteiger partial charge is 0.162 e. The van der Waals surface area contributed by atoms with Crippen molar-refractivity contribution in [1.82, 2.24) is 4.90 Å². The van der Waals surface area contributed by atoms with Crippen LogP contribution in [0.4, 0.5) is 0 Å². The number of nitrogens with zero attached hydrogens (tertiary/aromatic N) is 1. The summed E-state index contributed by atoms with van der Waals surface area (Å²) >= 11 is 0. The Labute approximate surface area is 223 Å². The van der Waals surface area contributed by atoms with Crippen LogP contribution in [0.25, 0.3) is 5.57 Å². The number of hydrogen-bond acceptors (Lipinski definition) is 2. The van der Waals surface area contributed by atoms with Crippen molar-refractivity contribution in [2.24, 2.45) is 0 Å². The van der Waals surface area contributed by atoms with Crippen molar-refractivity contribution in [3.05, 3.63) is 112 Å². The first-order chi connectivity index (χ1) is 16.8. The van der Waals surface area contributed by atoms with Gasteiger partial charge in [0.25, 0.3) is 0 Å². The van der Waals surface area contributed by atoms with E-state index >= 15 is 0 Å². The summed E-state index contributed by atoms with van der Waals surface area (Å²) in [4.78, 5) is 15.2. The molecule has 3 aromatic rings. The third-order valence-electron chi connectivity index (χ3n) is 7.17. The van der Waals surface area contributed by atoms with Crippen LogP contribution in [0.1, 0.15) is 79.1 Å². The molecule has 0 N–H and O–H groups in total. The minimum atomic E-state index is 0. The number of aryl methyl sites for hydroxylation is 1. The van der Waals surface area contributed by atoms with Gasteiger partial charge in [0.15, 0.2) is 5.78 Å². The van der Waals surface area contributed by atoms with Crippen molar-refractivity contribution in [1.29, 1.82) is 0 Å². The molecule has 36 heavy (non-hydrogen) atoms. The molecule has 3 heteroatoms. The zero-order valence-electron chi connectivity index (χ0n) is 22.2. The maximum atomic E-state index is 12.7. The SMILES string of the molecule is Cc1ccc(C(=C2CCN(CCCC(=O)c3ccc(C(C)(C)C)cc3)CC2)c2ccccc2)cc1.Cl. The Hall–Kier alpha value is -2.68. The molecular weight excluding hydrogens is 462 g/mol. The van der Waals surface area contributed by atoms with Crippen molar-refractivity contribution >= 4 is 23.8 Å². The maximum Gasteiger partial charge on any atom is 0.162 e. The number of ketones is 1. The molecule has 3 aromatic carbocycles. The average Bonchev–Trinajstić information content (AvgIpc) is 2.86. The van der Waals surface area contributed by atoms with Crippen LogP contribution in [0.15, 0.2) is 84.4 Å². The fourth-order valence-corrected chi connectivity index (χ4v) is 4.96. The highest BCUT2D eigenvalue weighted by Crippen LogP contribution is 2.32. The molecule has 0 aliphatic carbocycles. The summed E-state index contributed by atoms with van der Waals surface area (Å²) in [6.07, 6.45) is 3.70. The molecule has 2 nitrogen and oxygen atoms in total. The van der Waals surface area contributed by atoms with E-state index in [-0.39, 0.29) is 23.6 Å². The Kier molecular flexibility index (Phi) is 9.70. The third kappa shape index (κ3) is 7.18. The van der Waals surface area contributed by atoms with Crippen LogP contribution in [-0.4, -0.2) is 30.3 Å². The van der Waals surface area contributed by atoms with Gasteiger partial charge in [-0.25, -0.2) is 0 Å². The first kappa shape index (κ1) is 27.9. The minimum absolute atomic E-state index is 0. The summed E-state index contributed by atoms with van der Waals surface area (Å²) in [5, 5.41) is 0. The van der Waals surface area contributed by atoms with E-state index in [9.17, 15) is 4.79 Å². The molecule has 0 saturated carbocycles. The van der Waals surface area contributed by atoms with E-state index in [1.807, 2.05) is 12.1 Å². The van der Waals surface area contributed by atoms with Crippen LogP contribution in [0.2, 0.25) is 0 Å². The highest BCUT2D eigenvalue weighted by molar-refractivity contribution is 5.96. The van der Waals surface area contributed by atoms with Crippen molar-refractivity contribution in [2.45, 2.75) is 58.8 Å². The lowest BCUT2D eigenvalue weighted by Crippen LogP contribution is -2.32. The van der Waals surface area contributed by atoms with Gasteiger partial charge in [0.05, 0.1) is 0 Å². The monoisotopic (exact) mass is 501 g/mol. The molecule has 0 aromatic heterocycles. The van der Waals surface area contributed by atoms with Crippen LogP contribution < -0.4 is 0 Å². The highest BCUT2D eigenvalue weighted by Gasteiger charge is 2.19. The van der Waals surface area contributed by atoms with Gasteiger partial charge >= 0.3 is 0 Å². The zero-order chi connectivity index (χ0) is 24.8. The van der Waals surface area contributed by atoms with Gasteiger partial charge in [-0.2, -0.15) is 0 Å². The van der Waals surface area contributed by atoms with Gasteiger partial charge in [-0.15, -0.1) is 12.4 Å². The lowest BCUT2D eigenvalue weighted by Gasteiger charge is -2.30. The standard InChI is InChI=1S/C33H39NO.ClH/c1-25-12-14-28(15-13-25)32(27-9-6-5-7-10-27)29-20-23-34(24-21-29)22-8-11-31(35)26-16-18-30(19-17-26)33(2,3)4;/h5-7,9-10,12-19H,8,11,20-24H2,1-4H3;1H. The van der Waals surface area contributed by atoms with Gasteiger partial charge in [-0.1, -0.05) is 111 Å². The number of halogens is 1. The first-order valence-corrected chi connectivity index (χ1v) is 13.0. The van der Waals surface area contributed by atoms with Gasteiger partial charge in [0, 0.05) is 25.1 Å². The van der Waals surface area contributed by atoms with E-state index in [1.165, 1.54) is 27.8 Å².